The normalized spacial score (nSPS) is 11.0. The van der Waals surface area contributed by atoms with Crippen molar-refractivity contribution in [1.82, 2.24) is 20.3 Å². The van der Waals surface area contributed by atoms with Gasteiger partial charge in [-0.2, -0.15) is 0 Å². The Kier molecular flexibility index (Phi) is 5.31. The third-order valence-corrected chi connectivity index (χ3v) is 3.53. The van der Waals surface area contributed by atoms with E-state index in [1.165, 1.54) is 0 Å². The van der Waals surface area contributed by atoms with Crippen molar-refractivity contribution < 1.29 is 4.79 Å². The first-order chi connectivity index (χ1) is 10.5. The van der Waals surface area contributed by atoms with Gasteiger partial charge in [-0.25, -0.2) is 4.68 Å². The first kappa shape index (κ1) is 16.2. The lowest BCUT2D eigenvalue weighted by Gasteiger charge is -2.11. The molecule has 1 heterocycles. The number of rotatable bonds is 6. The van der Waals surface area contributed by atoms with E-state index in [0.717, 1.165) is 29.8 Å². The number of hydrogen-bond acceptors (Lipinski definition) is 3. The van der Waals surface area contributed by atoms with Crippen molar-refractivity contribution >= 4 is 5.91 Å². The molecule has 118 valence electrons. The van der Waals surface area contributed by atoms with Crippen LogP contribution in [0.25, 0.3) is 5.69 Å². The van der Waals surface area contributed by atoms with E-state index in [0.29, 0.717) is 12.2 Å². The van der Waals surface area contributed by atoms with Gasteiger partial charge in [0.25, 0.3) is 5.91 Å². The molecule has 0 aliphatic rings. The fourth-order valence-electron chi connectivity index (χ4n) is 2.38. The second kappa shape index (κ2) is 7.20. The van der Waals surface area contributed by atoms with Gasteiger partial charge in [0.15, 0.2) is 5.69 Å². The Hall–Kier alpha value is -2.17. The topological polar surface area (TPSA) is 59.8 Å². The number of nitrogens with one attached hydrogen (secondary N) is 1. The van der Waals surface area contributed by atoms with Crippen LogP contribution in [0.1, 0.15) is 61.3 Å². The zero-order valence-electron chi connectivity index (χ0n) is 13.8. The highest BCUT2D eigenvalue weighted by molar-refractivity contribution is 5.93. The maximum Gasteiger partial charge on any atom is 0.273 e. The van der Waals surface area contributed by atoms with Crippen molar-refractivity contribution in [1.29, 1.82) is 0 Å². The summed E-state index contributed by atoms with van der Waals surface area (Å²) in [6.07, 6.45) is 2.02. The number of carbonyl (C=O) groups is 1. The average Bonchev–Trinajstić information content (AvgIpc) is 2.92. The van der Waals surface area contributed by atoms with E-state index in [4.69, 9.17) is 0 Å². The summed E-state index contributed by atoms with van der Waals surface area (Å²) in [5.41, 5.74) is 3.35. The van der Waals surface area contributed by atoms with E-state index in [2.05, 4.69) is 22.6 Å². The van der Waals surface area contributed by atoms with Gasteiger partial charge in [0.1, 0.15) is 0 Å². The van der Waals surface area contributed by atoms with Crippen LogP contribution in [-0.2, 0) is 0 Å². The molecule has 5 heteroatoms. The Bertz CT molecular complexity index is 646. The molecule has 0 spiro atoms. The molecule has 0 aliphatic heterocycles. The number of aryl methyl sites for hydroxylation is 1. The minimum Gasteiger partial charge on any atom is -0.351 e. The van der Waals surface area contributed by atoms with E-state index < -0.39 is 0 Å². The van der Waals surface area contributed by atoms with Gasteiger partial charge in [-0.1, -0.05) is 44.5 Å². The maximum absolute atomic E-state index is 12.3. The number of nitrogens with zero attached hydrogens (tertiary/aromatic N) is 3. The number of hydrogen-bond donors (Lipinski definition) is 1. The van der Waals surface area contributed by atoms with Crippen LogP contribution in [0, 0.1) is 6.92 Å². The molecule has 1 aromatic carbocycles. The molecule has 0 saturated carbocycles. The van der Waals surface area contributed by atoms with Crippen LogP contribution in [0.4, 0.5) is 0 Å². The number of unbranched alkanes of at least 4 members (excludes halogenated alkanes) is 1. The van der Waals surface area contributed by atoms with Gasteiger partial charge in [-0.15, -0.1) is 5.10 Å². The Labute approximate surface area is 131 Å². The van der Waals surface area contributed by atoms with Gasteiger partial charge >= 0.3 is 0 Å². The van der Waals surface area contributed by atoms with E-state index in [-0.39, 0.29) is 11.8 Å². The van der Waals surface area contributed by atoms with Crippen molar-refractivity contribution in [3.05, 3.63) is 41.2 Å². The SMILES string of the molecule is CCCCNC(=O)c1nnn(-c2cccc(C)c2)c1C(C)C. The number of benzene rings is 1. The van der Waals surface area contributed by atoms with Gasteiger partial charge in [-0.05, 0) is 37.0 Å². The molecule has 1 amide bonds. The van der Waals surface area contributed by atoms with Crippen molar-refractivity contribution in [2.45, 2.75) is 46.5 Å². The lowest BCUT2D eigenvalue weighted by Crippen LogP contribution is -2.26. The predicted molar refractivity (Wildman–Crippen MR) is 87.4 cm³/mol. The molecule has 2 aromatic rings. The number of carbonyl (C=O) groups excluding carboxylic acids is 1. The standard InChI is InChI=1S/C17H24N4O/c1-5-6-10-18-17(22)15-16(12(2)3)21(20-19-15)14-9-7-8-13(4)11-14/h7-9,11-12H,5-6,10H2,1-4H3,(H,18,22). The van der Waals surface area contributed by atoms with E-state index in [1.807, 2.05) is 45.0 Å². The monoisotopic (exact) mass is 300 g/mol. The summed E-state index contributed by atoms with van der Waals surface area (Å²) >= 11 is 0. The molecule has 0 atom stereocenters. The van der Waals surface area contributed by atoms with Gasteiger partial charge in [0.2, 0.25) is 0 Å². The van der Waals surface area contributed by atoms with Crippen molar-refractivity contribution in [2.24, 2.45) is 0 Å². The largest absolute Gasteiger partial charge is 0.351 e. The summed E-state index contributed by atoms with van der Waals surface area (Å²) in [6, 6.07) is 8.04. The first-order valence-electron chi connectivity index (χ1n) is 7.85. The van der Waals surface area contributed by atoms with Gasteiger partial charge in [0, 0.05) is 6.54 Å². The minimum absolute atomic E-state index is 0.143. The van der Waals surface area contributed by atoms with Crippen LogP contribution >= 0.6 is 0 Å². The van der Waals surface area contributed by atoms with Crippen LogP contribution in [0.5, 0.6) is 0 Å². The highest BCUT2D eigenvalue weighted by atomic mass is 16.2. The smallest absolute Gasteiger partial charge is 0.273 e. The van der Waals surface area contributed by atoms with E-state index >= 15 is 0 Å². The first-order valence-corrected chi connectivity index (χ1v) is 7.85. The zero-order chi connectivity index (χ0) is 16.1. The molecule has 22 heavy (non-hydrogen) atoms. The molecule has 0 saturated heterocycles. The van der Waals surface area contributed by atoms with Gasteiger partial charge in [-0.3, -0.25) is 4.79 Å². The second-order valence-electron chi connectivity index (χ2n) is 5.84. The van der Waals surface area contributed by atoms with Crippen molar-refractivity contribution in [3.8, 4) is 5.69 Å². The Morgan fingerprint density at radius 3 is 2.77 bits per heavy atom. The molecule has 1 aromatic heterocycles. The minimum atomic E-state index is -0.143. The third-order valence-electron chi connectivity index (χ3n) is 3.53. The predicted octanol–water partition coefficient (Wildman–Crippen LogP) is 3.23. The second-order valence-corrected chi connectivity index (χ2v) is 5.84. The molecule has 2 rings (SSSR count). The molecule has 0 unspecified atom stereocenters. The molecule has 0 fully saturated rings. The molecular weight excluding hydrogens is 276 g/mol. The van der Waals surface area contributed by atoms with Crippen molar-refractivity contribution in [2.75, 3.05) is 6.54 Å². The van der Waals surface area contributed by atoms with Crippen LogP contribution in [0.2, 0.25) is 0 Å². The Balaban J connectivity index is 2.35. The summed E-state index contributed by atoms with van der Waals surface area (Å²) in [6.45, 7) is 8.90. The van der Waals surface area contributed by atoms with Crippen LogP contribution in [-0.4, -0.2) is 27.4 Å². The Morgan fingerprint density at radius 1 is 1.36 bits per heavy atom. The third kappa shape index (κ3) is 3.53. The molecule has 0 aliphatic carbocycles. The van der Waals surface area contributed by atoms with E-state index in [1.54, 1.807) is 4.68 Å². The maximum atomic E-state index is 12.3. The van der Waals surface area contributed by atoms with Crippen molar-refractivity contribution in [3.63, 3.8) is 0 Å². The summed E-state index contributed by atoms with van der Waals surface area (Å²) in [7, 11) is 0. The summed E-state index contributed by atoms with van der Waals surface area (Å²) < 4.78 is 1.77. The molecule has 5 nitrogen and oxygen atoms in total. The summed E-state index contributed by atoms with van der Waals surface area (Å²) in [4.78, 5) is 12.3. The number of amides is 1. The van der Waals surface area contributed by atoms with Crippen LogP contribution in [0.15, 0.2) is 24.3 Å². The zero-order valence-corrected chi connectivity index (χ0v) is 13.8. The fourth-order valence-corrected chi connectivity index (χ4v) is 2.38. The fraction of sp³-hybridized carbons (Fsp3) is 0.471. The summed E-state index contributed by atoms with van der Waals surface area (Å²) in [5, 5.41) is 11.2. The van der Waals surface area contributed by atoms with Gasteiger partial charge < -0.3 is 5.32 Å². The highest BCUT2D eigenvalue weighted by Crippen LogP contribution is 2.21. The van der Waals surface area contributed by atoms with Crippen LogP contribution in [0.3, 0.4) is 0 Å². The lowest BCUT2D eigenvalue weighted by molar-refractivity contribution is 0.0946. The molecule has 0 radical (unpaired) electrons. The molecule has 0 bridgehead atoms. The number of aromatic nitrogens is 3. The van der Waals surface area contributed by atoms with E-state index in [9.17, 15) is 4.79 Å². The van der Waals surface area contributed by atoms with Crippen LogP contribution < -0.4 is 5.32 Å². The average molecular weight is 300 g/mol. The molecule has 1 N–H and O–H groups in total. The molecular formula is C17H24N4O. The Morgan fingerprint density at radius 2 is 2.14 bits per heavy atom. The quantitative estimate of drug-likeness (QED) is 0.833. The lowest BCUT2D eigenvalue weighted by atomic mass is 10.1. The van der Waals surface area contributed by atoms with Gasteiger partial charge in [0.05, 0.1) is 11.4 Å². The summed E-state index contributed by atoms with van der Waals surface area (Å²) in [5.74, 6) is 0.0125. The highest BCUT2D eigenvalue weighted by Gasteiger charge is 2.22.